The zero-order valence-electron chi connectivity index (χ0n) is 11.6. The summed E-state index contributed by atoms with van der Waals surface area (Å²) in [5.74, 6) is -0.377. The first kappa shape index (κ1) is 14.9. The van der Waals surface area contributed by atoms with E-state index in [-0.39, 0.29) is 29.2 Å². The van der Waals surface area contributed by atoms with Gasteiger partial charge in [0.05, 0.1) is 18.2 Å². The van der Waals surface area contributed by atoms with E-state index in [1.54, 1.807) is 13.1 Å². The molecular weight excluding hydrogens is 292 g/mol. The molecular formula is C13H14N4O3S. The highest BCUT2D eigenvalue weighted by Gasteiger charge is 2.29. The summed E-state index contributed by atoms with van der Waals surface area (Å²) >= 11 is 0. The summed E-state index contributed by atoms with van der Waals surface area (Å²) < 4.78 is 24.8. The van der Waals surface area contributed by atoms with Crippen LogP contribution in [0.1, 0.15) is 5.56 Å². The number of aromatic amines is 1. The summed E-state index contributed by atoms with van der Waals surface area (Å²) in [6.45, 7) is 5.20. The van der Waals surface area contributed by atoms with E-state index < -0.39 is 10.0 Å². The molecule has 0 atom stereocenters. The van der Waals surface area contributed by atoms with E-state index in [0.29, 0.717) is 10.9 Å². The van der Waals surface area contributed by atoms with E-state index >= 15 is 0 Å². The lowest BCUT2D eigenvalue weighted by Gasteiger charge is -2.21. The van der Waals surface area contributed by atoms with Crippen LogP contribution in [0.4, 0.5) is 11.4 Å². The van der Waals surface area contributed by atoms with E-state index in [1.165, 1.54) is 6.08 Å². The number of diazo groups is 1. The quantitative estimate of drug-likeness (QED) is 0.688. The van der Waals surface area contributed by atoms with Crippen molar-refractivity contribution in [1.82, 2.24) is 4.98 Å². The van der Waals surface area contributed by atoms with Crippen LogP contribution in [0, 0.1) is 12.3 Å². The number of nitrogens with zero attached hydrogens (tertiary/aromatic N) is 3. The number of fused-ring (bicyclic) bond motifs is 1. The van der Waals surface area contributed by atoms with Gasteiger partial charge in [-0.15, -0.1) is 6.58 Å². The van der Waals surface area contributed by atoms with Crippen molar-refractivity contribution < 1.29 is 13.5 Å². The van der Waals surface area contributed by atoms with Gasteiger partial charge < -0.3 is 10.1 Å². The predicted molar refractivity (Wildman–Crippen MR) is 79.6 cm³/mol. The first-order valence-electron chi connectivity index (χ1n) is 6.06. The van der Waals surface area contributed by atoms with Gasteiger partial charge in [0.25, 0.3) is 0 Å². The first-order valence-corrected chi connectivity index (χ1v) is 7.91. The number of nitrogens with one attached hydrogen (secondary N) is 1. The highest BCUT2D eigenvalue weighted by Crippen LogP contribution is 2.42. The van der Waals surface area contributed by atoms with Crippen molar-refractivity contribution in [3.63, 3.8) is 0 Å². The molecule has 1 aromatic carbocycles. The Morgan fingerprint density at radius 2 is 2.24 bits per heavy atom. The SMILES string of the molecule is C=CCN(c1cc([O-])c2[nH]cc(C)c2c1[N+]#N)S(C)(=O)=O. The van der Waals surface area contributed by atoms with Gasteiger partial charge in [0.2, 0.25) is 15.4 Å². The van der Waals surface area contributed by atoms with Crippen molar-refractivity contribution in [1.29, 1.82) is 5.39 Å². The van der Waals surface area contributed by atoms with Gasteiger partial charge in [-0.25, -0.2) is 8.42 Å². The second-order valence-corrected chi connectivity index (χ2v) is 6.55. The monoisotopic (exact) mass is 306 g/mol. The van der Waals surface area contributed by atoms with Gasteiger partial charge in [0.1, 0.15) is 5.69 Å². The third kappa shape index (κ3) is 2.43. The van der Waals surface area contributed by atoms with Gasteiger partial charge in [-0.3, -0.25) is 4.31 Å². The number of H-pyrrole nitrogens is 1. The van der Waals surface area contributed by atoms with Crippen LogP contribution in [0.5, 0.6) is 5.75 Å². The van der Waals surface area contributed by atoms with E-state index in [2.05, 4.69) is 16.5 Å². The molecule has 110 valence electrons. The highest BCUT2D eigenvalue weighted by molar-refractivity contribution is 7.92. The van der Waals surface area contributed by atoms with Crippen molar-refractivity contribution in [2.45, 2.75) is 6.92 Å². The Bertz CT molecular complexity index is 862. The molecule has 1 N–H and O–H groups in total. The molecule has 2 aromatic rings. The molecule has 7 nitrogen and oxygen atoms in total. The Balaban J connectivity index is 2.89. The lowest BCUT2D eigenvalue weighted by Crippen LogP contribution is -2.30. The van der Waals surface area contributed by atoms with Crippen molar-refractivity contribution in [2.24, 2.45) is 0 Å². The van der Waals surface area contributed by atoms with E-state index in [9.17, 15) is 18.9 Å². The van der Waals surface area contributed by atoms with Crippen LogP contribution in [0.3, 0.4) is 0 Å². The molecule has 1 aromatic heterocycles. The number of anilines is 1. The Morgan fingerprint density at radius 3 is 2.76 bits per heavy atom. The average Bonchev–Trinajstić information content (AvgIpc) is 2.78. The van der Waals surface area contributed by atoms with Gasteiger partial charge in [-0.1, -0.05) is 11.8 Å². The molecule has 1 heterocycles. The van der Waals surface area contributed by atoms with Crippen molar-refractivity contribution in [3.8, 4) is 5.75 Å². The molecule has 0 radical (unpaired) electrons. The number of hydrogen-bond acceptors (Lipinski definition) is 4. The van der Waals surface area contributed by atoms with Gasteiger partial charge in [0, 0.05) is 11.7 Å². The third-order valence-electron chi connectivity index (χ3n) is 3.13. The summed E-state index contributed by atoms with van der Waals surface area (Å²) in [5.41, 5.74) is 1.02. The number of benzene rings is 1. The number of hydrogen-bond donors (Lipinski definition) is 1. The van der Waals surface area contributed by atoms with Crippen molar-refractivity contribution >= 4 is 32.3 Å². The lowest BCUT2D eigenvalue weighted by molar-refractivity contribution is -0.265. The van der Waals surface area contributed by atoms with Crippen molar-refractivity contribution in [2.75, 3.05) is 17.1 Å². The van der Waals surface area contributed by atoms with E-state index in [4.69, 9.17) is 0 Å². The molecule has 0 aliphatic carbocycles. The molecule has 0 fully saturated rings. The fourth-order valence-corrected chi connectivity index (χ4v) is 3.11. The lowest BCUT2D eigenvalue weighted by atomic mass is 10.1. The van der Waals surface area contributed by atoms with Gasteiger partial charge in [-0.05, 0) is 18.6 Å². The molecule has 0 bridgehead atoms. The van der Waals surface area contributed by atoms with Crippen LogP contribution in [-0.2, 0) is 10.0 Å². The molecule has 0 saturated heterocycles. The van der Waals surface area contributed by atoms with E-state index in [1.807, 2.05) is 0 Å². The van der Waals surface area contributed by atoms with Crippen LogP contribution in [0.15, 0.2) is 24.9 Å². The number of aryl methyl sites for hydroxylation is 1. The summed E-state index contributed by atoms with van der Waals surface area (Å²) in [6.07, 6.45) is 4.00. The molecule has 8 heteroatoms. The molecule has 0 unspecified atom stereocenters. The Kier molecular flexibility index (Phi) is 3.61. The van der Waals surface area contributed by atoms with Crippen LogP contribution in [-0.4, -0.2) is 26.2 Å². The first-order chi connectivity index (χ1) is 9.81. The minimum absolute atomic E-state index is 0.0279. The largest absolute Gasteiger partial charge is 0.871 e. The molecule has 2 rings (SSSR count). The number of aromatic nitrogens is 1. The summed E-state index contributed by atoms with van der Waals surface area (Å²) in [6, 6.07) is 1.14. The summed E-state index contributed by atoms with van der Waals surface area (Å²) in [7, 11) is -3.65. The van der Waals surface area contributed by atoms with Gasteiger partial charge in [-0.2, -0.15) is 0 Å². The standard InChI is InChI=1S/C13H14N4O3S/c1-4-5-17(21(3,19)20)9-6-10(18)13-11(12(9)16-14)8(2)7-15-13/h4,6-7,14H,1,5H2,2-3H3. The zero-order chi connectivity index (χ0) is 15.8. The highest BCUT2D eigenvalue weighted by atomic mass is 32.2. The van der Waals surface area contributed by atoms with Crippen molar-refractivity contribution in [3.05, 3.63) is 35.5 Å². The summed E-state index contributed by atoms with van der Waals surface area (Å²) in [4.78, 5) is 5.99. The number of rotatable bonds is 4. The van der Waals surface area contributed by atoms with Crippen LogP contribution in [0.2, 0.25) is 0 Å². The van der Waals surface area contributed by atoms with Gasteiger partial charge in [0.15, 0.2) is 4.98 Å². The zero-order valence-corrected chi connectivity index (χ0v) is 12.4. The normalized spacial score (nSPS) is 11.3. The maximum atomic E-state index is 12.1. The fourth-order valence-electron chi connectivity index (χ4n) is 2.24. The van der Waals surface area contributed by atoms with Crippen LogP contribution < -0.4 is 9.41 Å². The third-order valence-corrected chi connectivity index (χ3v) is 4.28. The fraction of sp³-hybridized carbons (Fsp3) is 0.231. The number of sulfonamides is 1. The van der Waals surface area contributed by atoms with E-state index in [0.717, 1.165) is 16.6 Å². The average molecular weight is 306 g/mol. The minimum Gasteiger partial charge on any atom is -0.871 e. The molecule has 0 spiro atoms. The van der Waals surface area contributed by atoms with Gasteiger partial charge >= 0.3 is 5.69 Å². The summed E-state index contributed by atoms with van der Waals surface area (Å²) in [5, 5.41) is 21.8. The Labute approximate surface area is 122 Å². The molecule has 21 heavy (non-hydrogen) atoms. The maximum absolute atomic E-state index is 12.1. The Hall–Kier alpha value is -2.53. The second kappa shape index (κ2) is 5.10. The smallest absolute Gasteiger partial charge is 0.418 e. The minimum atomic E-state index is -3.65. The molecule has 0 amide bonds. The molecule has 0 aliphatic heterocycles. The Morgan fingerprint density at radius 1 is 1.57 bits per heavy atom. The topological polar surface area (TPSA) is 104 Å². The predicted octanol–water partition coefficient (Wildman–Crippen LogP) is 1.99. The van der Waals surface area contributed by atoms with Crippen LogP contribution >= 0.6 is 0 Å². The molecule has 0 aliphatic rings. The second-order valence-electron chi connectivity index (χ2n) is 4.65. The van der Waals surface area contributed by atoms with Crippen LogP contribution in [0.25, 0.3) is 15.9 Å². The maximum Gasteiger partial charge on any atom is 0.418 e. The molecule has 0 saturated carbocycles.